The molecule has 2 N–H and O–H groups in total. The molecule has 3 heterocycles. The van der Waals surface area contributed by atoms with Crippen LogP contribution in [-0.4, -0.2) is 44.6 Å². The molecule has 5 aromatic rings. The van der Waals surface area contributed by atoms with Crippen molar-refractivity contribution in [2.24, 2.45) is 0 Å². The summed E-state index contributed by atoms with van der Waals surface area (Å²) in [5.74, 6) is -0.666. The molecule has 0 saturated heterocycles. The number of hydrogen-bond acceptors (Lipinski definition) is 5. The van der Waals surface area contributed by atoms with E-state index >= 15 is 0 Å². The Kier molecular flexibility index (Phi) is 6.92. The zero-order valence-corrected chi connectivity index (χ0v) is 23.0. The number of H-pyrrole nitrogens is 1. The number of amides is 1. The van der Waals surface area contributed by atoms with Gasteiger partial charge in [0.15, 0.2) is 0 Å². The summed E-state index contributed by atoms with van der Waals surface area (Å²) in [5.41, 5.74) is 4.55. The van der Waals surface area contributed by atoms with Gasteiger partial charge < -0.3 is 14.7 Å². The third-order valence-corrected chi connectivity index (χ3v) is 7.92. The van der Waals surface area contributed by atoms with Crippen LogP contribution in [-0.2, 0) is 16.7 Å². The van der Waals surface area contributed by atoms with E-state index in [1.165, 1.54) is 38.4 Å². The van der Waals surface area contributed by atoms with Gasteiger partial charge in [-0.1, -0.05) is 6.07 Å². The molecule has 3 aromatic heterocycles. The van der Waals surface area contributed by atoms with Gasteiger partial charge in [0.1, 0.15) is 23.8 Å². The highest BCUT2D eigenvalue weighted by Crippen LogP contribution is 2.41. The number of pyridine rings is 1. The van der Waals surface area contributed by atoms with Gasteiger partial charge in [-0.3, -0.25) is 9.10 Å². The van der Waals surface area contributed by atoms with Crippen molar-refractivity contribution in [2.75, 3.05) is 24.7 Å². The van der Waals surface area contributed by atoms with E-state index in [1.54, 1.807) is 30.5 Å². The van der Waals surface area contributed by atoms with E-state index in [2.05, 4.69) is 10.3 Å². The van der Waals surface area contributed by atoms with Gasteiger partial charge in [-0.05, 0) is 55.0 Å². The third kappa shape index (κ3) is 4.84. The maximum Gasteiger partial charge on any atom is 0.255 e. The largest absolute Gasteiger partial charge is 0.455 e. The number of aromatic nitrogens is 2. The Balaban J connectivity index is 1.81. The molecule has 8 nitrogen and oxygen atoms in total. The average molecular weight is 565 g/mol. The zero-order chi connectivity index (χ0) is 28.8. The van der Waals surface area contributed by atoms with E-state index in [-0.39, 0.29) is 22.6 Å². The summed E-state index contributed by atoms with van der Waals surface area (Å²) < 4.78 is 59.3. The molecular weight excluding hydrogens is 538 g/mol. The van der Waals surface area contributed by atoms with E-state index in [4.69, 9.17) is 9.40 Å². The first-order valence-electron chi connectivity index (χ1n) is 12.3. The number of sulfonamides is 1. The van der Waals surface area contributed by atoms with Crippen LogP contribution in [0.4, 0.5) is 14.5 Å². The Morgan fingerprint density at radius 1 is 1.12 bits per heavy atom. The lowest BCUT2D eigenvalue weighted by molar-refractivity contribution is 0.0964. The molecule has 0 unspecified atom stereocenters. The Morgan fingerprint density at radius 3 is 2.48 bits per heavy atom. The number of halogens is 2. The van der Waals surface area contributed by atoms with Gasteiger partial charge in [-0.25, -0.2) is 22.2 Å². The smallest absolute Gasteiger partial charge is 0.255 e. The highest BCUT2D eigenvalue weighted by molar-refractivity contribution is 7.92. The predicted molar refractivity (Wildman–Crippen MR) is 151 cm³/mol. The minimum absolute atomic E-state index is 0.210. The van der Waals surface area contributed by atoms with Crippen molar-refractivity contribution >= 4 is 32.6 Å². The molecule has 5 rings (SSSR count). The fraction of sp³-hybridized carbons (Fsp3) is 0.172. The van der Waals surface area contributed by atoms with Crippen molar-refractivity contribution in [2.45, 2.75) is 13.6 Å². The number of carbonyl (C=O) groups excluding carboxylic acids is 1. The van der Waals surface area contributed by atoms with Crippen molar-refractivity contribution in [3.05, 3.63) is 83.3 Å². The quantitative estimate of drug-likeness (QED) is 0.259. The fourth-order valence-electron chi connectivity index (χ4n) is 4.54. The van der Waals surface area contributed by atoms with Crippen LogP contribution in [0.25, 0.3) is 44.9 Å². The Labute approximate surface area is 229 Å². The summed E-state index contributed by atoms with van der Waals surface area (Å²) in [7, 11) is -0.814. The summed E-state index contributed by atoms with van der Waals surface area (Å²) in [4.78, 5) is 20.9. The molecule has 0 saturated carbocycles. The van der Waals surface area contributed by atoms with Gasteiger partial charge in [0.25, 0.3) is 5.91 Å². The Morgan fingerprint density at radius 2 is 1.85 bits per heavy atom. The second-order valence-corrected chi connectivity index (χ2v) is 11.4. The number of aromatic amines is 1. The lowest BCUT2D eigenvalue weighted by atomic mass is 10.00. The molecule has 0 radical (unpaired) electrons. The number of nitrogens with one attached hydrogen (secondary N) is 2. The number of hydrogen-bond donors (Lipinski definition) is 2. The van der Waals surface area contributed by atoms with Crippen LogP contribution in [0.3, 0.4) is 0 Å². The molecule has 11 heteroatoms. The first-order valence-corrected chi connectivity index (χ1v) is 14.1. The summed E-state index contributed by atoms with van der Waals surface area (Å²) in [6, 6.07) is 14.0. The lowest BCUT2D eigenvalue weighted by Crippen LogP contribution is -2.25. The first-order chi connectivity index (χ1) is 19.0. The number of fused-ring (bicyclic) bond motifs is 1. The first kappa shape index (κ1) is 27.1. The number of rotatable bonds is 7. The minimum atomic E-state index is -3.71. The number of aryl methyl sites for hydroxylation is 1. The SMILES string of the molecule is CNC(=O)c1c(-c2ccc(F)cc2)oc2cc(N(C)S(C)(=O)=O)c(-c3ccc(C)c(-c4cc(CF)c[nH]4)n3)cc12. The molecule has 1 amide bonds. The van der Waals surface area contributed by atoms with E-state index in [0.717, 1.165) is 16.1 Å². The van der Waals surface area contributed by atoms with Crippen LogP contribution in [0.1, 0.15) is 21.5 Å². The molecule has 40 heavy (non-hydrogen) atoms. The standard InChI is InChI=1S/C29H26F2N4O4S/c1-16-5-10-22(34-27(16)23-11-17(14-30)15-33-23)20-12-21-25(13-24(20)35(3)40(4,37)38)39-28(26(21)29(36)32-2)18-6-8-19(31)9-7-18/h5-13,15,33H,14H2,1-4H3,(H,32,36). The Hall–Kier alpha value is -4.51. The highest BCUT2D eigenvalue weighted by atomic mass is 32.2. The fourth-order valence-corrected chi connectivity index (χ4v) is 5.04. The van der Waals surface area contributed by atoms with Crippen LogP contribution in [0.5, 0.6) is 0 Å². The Bertz CT molecular complexity index is 1860. The molecule has 0 aliphatic rings. The van der Waals surface area contributed by atoms with Gasteiger partial charge in [-0.15, -0.1) is 0 Å². The van der Waals surface area contributed by atoms with Crippen LogP contribution >= 0.6 is 0 Å². The minimum Gasteiger partial charge on any atom is -0.455 e. The molecule has 0 atom stereocenters. The molecule has 0 fully saturated rings. The van der Waals surface area contributed by atoms with Crippen molar-refractivity contribution < 1.29 is 26.4 Å². The van der Waals surface area contributed by atoms with Crippen LogP contribution in [0, 0.1) is 12.7 Å². The topological polar surface area (TPSA) is 108 Å². The molecule has 206 valence electrons. The van der Waals surface area contributed by atoms with Gasteiger partial charge in [-0.2, -0.15) is 0 Å². The summed E-state index contributed by atoms with van der Waals surface area (Å²) in [6.45, 7) is 1.23. The molecular formula is C29H26F2N4O4S. The monoisotopic (exact) mass is 564 g/mol. The van der Waals surface area contributed by atoms with Crippen LogP contribution < -0.4 is 9.62 Å². The van der Waals surface area contributed by atoms with Crippen molar-refractivity contribution in [3.63, 3.8) is 0 Å². The van der Waals surface area contributed by atoms with Crippen LogP contribution in [0.15, 0.2) is 65.2 Å². The predicted octanol–water partition coefficient (Wildman–Crippen LogP) is 5.83. The number of benzene rings is 2. The number of alkyl halides is 1. The van der Waals surface area contributed by atoms with Crippen molar-refractivity contribution in [1.29, 1.82) is 0 Å². The van der Waals surface area contributed by atoms with Gasteiger partial charge in [0.05, 0.1) is 34.6 Å². The van der Waals surface area contributed by atoms with E-state index in [1.807, 2.05) is 13.0 Å². The third-order valence-electron chi connectivity index (χ3n) is 6.73. The number of furan rings is 1. The van der Waals surface area contributed by atoms with Crippen molar-refractivity contribution in [1.82, 2.24) is 15.3 Å². The van der Waals surface area contributed by atoms with Crippen molar-refractivity contribution in [3.8, 4) is 34.0 Å². The average Bonchev–Trinajstić information content (AvgIpc) is 3.56. The molecule has 0 bridgehead atoms. The number of carbonyl (C=O) groups is 1. The molecule has 0 aliphatic carbocycles. The van der Waals surface area contributed by atoms with E-state index in [9.17, 15) is 22.0 Å². The molecule has 0 spiro atoms. The summed E-state index contributed by atoms with van der Waals surface area (Å²) in [6.07, 6.45) is 2.64. The van der Waals surface area contributed by atoms with Crippen LogP contribution in [0.2, 0.25) is 0 Å². The van der Waals surface area contributed by atoms with Gasteiger partial charge >= 0.3 is 0 Å². The second kappa shape index (κ2) is 10.2. The number of nitrogens with zero attached hydrogens (tertiary/aromatic N) is 2. The maximum atomic E-state index is 13.6. The zero-order valence-electron chi connectivity index (χ0n) is 22.2. The highest BCUT2D eigenvalue weighted by Gasteiger charge is 2.26. The normalized spacial score (nSPS) is 11.7. The summed E-state index contributed by atoms with van der Waals surface area (Å²) >= 11 is 0. The summed E-state index contributed by atoms with van der Waals surface area (Å²) in [5, 5.41) is 3.04. The van der Waals surface area contributed by atoms with E-state index in [0.29, 0.717) is 39.2 Å². The van der Waals surface area contributed by atoms with Gasteiger partial charge in [0.2, 0.25) is 10.0 Å². The number of anilines is 1. The lowest BCUT2D eigenvalue weighted by Gasteiger charge is -2.20. The molecule has 0 aliphatic heterocycles. The second-order valence-electron chi connectivity index (χ2n) is 9.41. The van der Waals surface area contributed by atoms with E-state index < -0.39 is 28.4 Å². The maximum absolute atomic E-state index is 13.6. The molecule has 2 aromatic carbocycles. The van der Waals surface area contributed by atoms with Gasteiger partial charge in [0, 0.05) is 48.4 Å².